The smallest absolute Gasteiger partial charge is 0.145 e. The molecule has 4 nitrogen and oxygen atoms in total. The Balaban J connectivity index is 1.89. The van der Waals surface area contributed by atoms with Crippen molar-refractivity contribution in [1.82, 2.24) is 9.55 Å². The lowest BCUT2D eigenvalue weighted by Crippen LogP contribution is -1.95. The molecule has 3 aromatic heterocycles. The highest BCUT2D eigenvalue weighted by molar-refractivity contribution is 6.23. The molecular formula is C23H14N2O2. The average Bonchev–Trinajstić information content (AvgIpc) is 3.23. The molecule has 6 aromatic rings. The van der Waals surface area contributed by atoms with Crippen LogP contribution in [0.4, 0.5) is 0 Å². The second-order valence-corrected chi connectivity index (χ2v) is 6.66. The minimum atomic E-state index is 0.225. The van der Waals surface area contributed by atoms with Gasteiger partial charge in [-0.15, -0.1) is 0 Å². The predicted octanol–water partition coefficient (Wildman–Crippen LogP) is 5.78. The maximum absolute atomic E-state index is 10.1. The minimum Gasteiger partial charge on any atom is -0.508 e. The van der Waals surface area contributed by atoms with E-state index in [4.69, 9.17) is 4.42 Å². The van der Waals surface area contributed by atoms with E-state index in [0.717, 1.165) is 49.6 Å². The number of nitrogens with zero attached hydrogens (tertiary/aromatic N) is 2. The van der Waals surface area contributed by atoms with Gasteiger partial charge < -0.3 is 9.52 Å². The van der Waals surface area contributed by atoms with Crippen LogP contribution >= 0.6 is 0 Å². The Bertz CT molecular complexity index is 1480. The van der Waals surface area contributed by atoms with E-state index in [2.05, 4.69) is 27.8 Å². The maximum atomic E-state index is 10.1. The van der Waals surface area contributed by atoms with Crippen molar-refractivity contribution < 1.29 is 9.52 Å². The zero-order valence-corrected chi connectivity index (χ0v) is 14.3. The third-order valence-electron chi connectivity index (χ3n) is 5.14. The first kappa shape index (κ1) is 14.4. The van der Waals surface area contributed by atoms with Gasteiger partial charge >= 0.3 is 0 Å². The van der Waals surface area contributed by atoms with E-state index in [1.807, 2.05) is 42.5 Å². The molecular weight excluding hydrogens is 336 g/mol. The van der Waals surface area contributed by atoms with Crippen LogP contribution in [0, 0.1) is 0 Å². The summed E-state index contributed by atoms with van der Waals surface area (Å²) in [5, 5.41) is 14.3. The van der Waals surface area contributed by atoms with Crippen LogP contribution < -0.4 is 0 Å². The number of aromatic hydroxyl groups is 1. The summed E-state index contributed by atoms with van der Waals surface area (Å²) in [6, 6.07) is 23.5. The van der Waals surface area contributed by atoms with Crippen LogP contribution in [0.5, 0.6) is 5.75 Å². The molecule has 0 radical (unpaired) electrons. The van der Waals surface area contributed by atoms with Crippen LogP contribution in [0.15, 0.2) is 83.4 Å². The van der Waals surface area contributed by atoms with Gasteiger partial charge in [0, 0.05) is 28.4 Å². The molecule has 0 saturated carbocycles. The number of phenolic OH excluding ortho intramolecular Hbond substituents is 1. The highest BCUT2D eigenvalue weighted by Gasteiger charge is 2.19. The fraction of sp³-hybridized carbons (Fsp3) is 0. The summed E-state index contributed by atoms with van der Waals surface area (Å²) in [6.45, 7) is 0. The number of phenols is 1. The normalized spacial score (nSPS) is 11.9. The summed E-state index contributed by atoms with van der Waals surface area (Å²) < 4.78 is 8.32. The number of pyridine rings is 1. The standard InChI is InChI=1S/C23H14N2O2/c26-14-8-9-17-19(13-14)25(21-7-3-4-12-24-21)18-11-10-16-15-5-1-2-6-20(15)27-23(16)22(17)18/h1-13,26H. The topological polar surface area (TPSA) is 51.2 Å². The third-order valence-corrected chi connectivity index (χ3v) is 5.14. The van der Waals surface area contributed by atoms with Crippen molar-refractivity contribution in [3.63, 3.8) is 0 Å². The van der Waals surface area contributed by atoms with Crippen molar-refractivity contribution >= 4 is 43.7 Å². The van der Waals surface area contributed by atoms with Gasteiger partial charge in [0.25, 0.3) is 0 Å². The van der Waals surface area contributed by atoms with Crippen LogP contribution in [-0.4, -0.2) is 14.7 Å². The van der Waals surface area contributed by atoms with Crippen LogP contribution in [0.3, 0.4) is 0 Å². The summed E-state index contributed by atoms with van der Waals surface area (Å²) in [5.74, 6) is 1.03. The molecule has 0 saturated heterocycles. The van der Waals surface area contributed by atoms with Gasteiger partial charge in [-0.1, -0.05) is 24.3 Å². The molecule has 0 aliphatic rings. The van der Waals surface area contributed by atoms with Gasteiger partial charge in [-0.05, 0) is 42.5 Å². The fourth-order valence-electron chi connectivity index (χ4n) is 4.00. The van der Waals surface area contributed by atoms with Crippen molar-refractivity contribution in [2.24, 2.45) is 0 Å². The zero-order chi connectivity index (χ0) is 18.0. The summed E-state index contributed by atoms with van der Waals surface area (Å²) >= 11 is 0. The second-order valence-electron chi connectivity index (χ2n) is 6.66. The molecule has 0 atom stereocenters. The number of rotatable bonds is 1. The lowest BCUT2D eigenvalue weighted by molar-refractivity contribution is 0.476. The van der Waals surface area contributed by atoms with Gasteiger partial charge in [0.05, 0.1) is 16.4 Å². The number of furan rings is 1. The second kappa shape index (κ2) is 5.11. The van der Waals surface area contributed by atoms with Gasteiger partial charge in [-0.25, -0.2) is 4.98 Å². The van der Waals surface area contributed by atoms with E-state index in [0.29, 0.717) is 0 Å². The first-order chi connectivity index (χ1) is 13.3. The van der Waals surface area contributed by atoms with E-state index < -0.39 is 0 Å². The largest absolute Gasteiger partial charge is 0.508 e. The van der Waals surface area contributed by atoms with E-state index in [1.165, 1.54) is 0 Å². The van der Waals surface area contributed by atoms with Crippen molar-refractivity contribution in [3.8, 4) is 11.6 Å². The molecule has 27 heavy (non-hydrogen) atoms. The van der Waals surface area contributed by atoms with E-state index in [1.54, 1.807) is 18.3 Å². The molecule has 128 valence electrons. The Labute approximate surface area is 153 Å². The summed E-state index contributed by atoms with van der Waals surface area (Å²) in [4.78, 5) is 4.52. The number of para-hydroxylation sites is 1. The molecule has 0 bridgehead atoms. The van der Waals surface area contributed by atoms with E-state index >= 15 is 0 Å². The summed E-state index contributed by atoms with van der Waals surface area (Å²) in [5.41, 5.74) is 3.63. The van der Waals surface area contributed by atoms with E-state index in [9.17, 15) is 5.11 Å². The lowest BCUT2D eigenvalue weighted by Gasteiger charge is -2.06. The van der Waals surface area contributed by atoms with Crippen molar-refractivity contribution in [1.29, 1.82) is 0 Å². The monoisotopic (exact) mass is 350 g/mol. The molecule has 3 aromatic carbocycles. The fourth-order valence-corrected chi connectivity index (χ4v) is 4.00. The summed E-state index contributed by atoms with van der Waals surface area (Å²) in [6.07, 6.45) is 1.77. The zero-order valence-electron chi connectivity index (χ0n) is 14.3. The highest BCUT2D eigenvalue weighted by atomic mass is 16.3. The molecule has 3 heterocycles. The molecule has 1 N–H and O–H groups in total. The molecule has 4 heteroatoms. The molecule has 0 amide bonds. The minimum absolute atomic E-state index is 0.225. The lowest BCUT2D eigenvalue weighted by atomic mass is 10.1. The molecule has 0 aliphatic carbocycles. The Morgan fingerprint density at radius 2 is 1.63 bits per heavy atom. The quantitative estimate of drug-likeness (QED) is 0.409. The Morgan fingerprint density at radius 1 is 0.778 bits per heavy atom. The van der Waals surface area contributed by atoms with Gasteiger partial charge in [-0.3, -0.25) is 4.57 Å². The van der Waals surface area contributed by atoms with E-state index in [-0.39, 0.29) is 5.75 Å². The number of benzene rings is 3. The van der Waals surface area contributed by atoms with Crippen LogP contribution in [0.1, 0.15) is 0 Å². The molecule has 0 unspecified atom stereocenters. The predicted molar refractivity (Wildman–Crippen MR) is 108 cm³/mol. The molecule has 0 fully saturated rings. The average molecular weight is 350 g/mol. The molecule has 0 aliphatic heterocycles. The maximum Gasteiger partial charge on any atom is 0.145 e. The van der Waals surface area contributed by atoms with Crippen molar-refractivity contribution in [2.45, 2.75) is 0 Å². The summed E-state index contributed by atoms with van der Waals surface area (Å²) in [7, 11) is 0. The number of fused-ring (bicyclic) bond motifs is 7. The van der Waals surface area contributed by atoms with Crippen LogP contribution in [0.25, 0.3) is 49.6 Å². The first-order valence-electron chi connectivity index (χ1n) is 8.80. The number of hydrogen-bond acceptors (Lipinski definition) is 3. The van der Waals surface area contributed by atoms with Crippen molar-refractivity contribution in [3.05, 3.63) is 79.0 Å². The van der Waals surface area contributed by atoms with Gasteiger partial charge in [0.15, 0.2) is 0 Å². The number of aromatic nitrogens is 2. The Hall–Kier alpha value is -3.79. The number of hydrogen-bond donors (Lipinski definition) is 1. The third kappa shape index (κ3) is 1.89. The van der Waals surface area contributed by atoms with Gasteiger partial charge in [-0.2, -0.15) is 0 Å². The Kier molecular flexibility index (Phi) is 2.72. The van der Waals surface area contributed by atoms with Gasteiger partial charge in [0.1, 0.15) is 22.7 Å². The SMILES string of the molecule is Oc1ccc2c3c4oc5ccccc5c4ccc3n(-c3ccccn3)c2c1. The van der Waals surface area contributed by atoms with Crippen molar-refractivity contribution in [2.75, 3.05) is 0 Å². The van der Waals surface area contributed by atoms with Crippen LogP contribution in [-0.2, 0) is 0 Å². The Morgan fingerprint density at radius 3 is 2.52 bits per heavy atom. The highest BCUT2D eigenvalue weighted by Crippen LogP contribution is 2.40. The first-order valence-corrected chi connectivity index (χ1v) is 8.80. The van der Waals surface area contributed by atoms with Gasteiger partial charge in [0.2, 0.25) is 0 Å². The van der Waals surface area contributed by atoms with Crippen LogP contribution in [0.2, 0.25) is 0 Å². The molecule has 6 rings (SSSR count). The molecule has 0 spiro atoms.